The van der Waals surface area contributed by atoms with Crippen molar-refractivity contribution in [2.45, 2.75) is 26.7 Å². The average Bonchev–Trinajstić information content (AvgIpc) is 2.73. The number of hydrogen-bond acceptors (Lipinski definition) is 1. The minimum atomic E-state index is 0. The first-order chi connectivity index (χ1) is 14.1. The fraction of sp³-hybridized carbons (Fsp3) is 0.143. The van der Waals surface area contributed by atoms with Crippen molar-refractivity contribution < 1.29 is 0 Å². The Morgan fingerprint density at radius 3 is 1.60 bits per heavy atom. The average molecular weight is 412 g/mol. The molecule has 1 aliphatic rings. The van der Waals surface area contributed by atoms with Crippen molar-refractivity contribution in [1.82, 2.24) is 0 Å². The molecule has 5 rings (SSSR count). The van der Waals surface area contributed by atoms with Crippen LogP contribution in [0.3, 0.4) is 0 Å². The van der Waals surface area contributed by atoms with Crippen LogP contribution in [0.4, 0.5) is 17.1 Å². The van der Waals surface area contributed by atoms with E-state index in [2.05, 4.69) is 117 Å². The maximum atomic E-state index is 2.40. The third-order valence-electron chi connectivity index (χ3n) is 6.02. The van der Waals surface area contributed by atoms with Gasteiger partial charge in [-0.3, -0.25) is 0 Å². The molecule has 1 heterocycles. The number of halogens is 1. The summed E-state index contributed by atoms with van der Waals surface area (Å²) in [6, 6.07) is 33.0. The Labute approximate surface area is 185 Å². The number of rotatable bonds is 2. The molecular weight excluding hydrogens is 386 g/mol. The van der Waals surface area contributed by atoms with Crippen molar-refractivity contribution in [2.75, 3.05) is 4.90 Å². The van der Waals surface area contributed by atoms with E-state index in [-0.39, 0.29) is 18.3 Å². The normalized spacial score (nSPS) is 12.7. The Hall–Kier alpha value is -3.03. The van der Waals surface area contributed by atoms with Crippen LogP contribution in [0.2, 0.25) is 0 Å². The Kier molecular flexibility index (Phi) is 5.40. The lowest BCUT2D eigenvalue weighted by Gasteiger charge is -2.39. The molecule has 30 heavy (non-hydrogen) atoms. The van der Waals surface area contributed by atoms with Crippen molar-refractivity contribution in [3.05, 3.63) is 124 Å². The molecule has 4 aromatic rings. The highest BCUT2D eigenvalue weighted by molar-refractivity contribution is 5.86. The molecule has 4 aromatic carbocycles. The van der Waals surface area contributed by atoms with Gasteiger partial charge in [-0.1, -0.05) is 72.3 Å². The standard InChI is InChI=1S/C28H25N.ClH/c1-19-17-20(2)27(21(3)18-19)28-23-13-7-9-15-25(23)29(22-11-5-4-6-12-22)26-16-10-8-14-24(26)28;/h4-18,28H,1-3H3;1H. The molecule has 0 unspecified atom stereocenters. The second-order valence-electron chi connectivity index (χ2n) is 8.03. The molecular formula is C28H26ClN. The van der Waals surface area contributed by atoms with Gasteiger partial charge in [0.25, 0.3) is 0 Å². The van der Waals surface area contributed by atoms with Gasteiger partial charge in [0.1, 0.15) is 0 Å². The number of nitrogens with zero attached hydrogens (tertiary/aromatic N) is 1. The topological polar surface area (TPSA) is 3.24 Å². The van der Waals surface area contributed by atoms with Gasteiger partial charge in [0.15, 0.2) is 0 Å². The minimum Gasteiger partial charge on any atom is -0.310 e. The Balaban J connectivity index is 0.00000218. The van der Waals surface area contributed by atoms with Gasteiger partial charge >= 0.3 is 0 Å². The summed E-state index contributed by atoms with van der Waals surface area (Å²) < 4.78 is 0. The van der Waals surface area contributed by atoms with E-state index in [9.17, 15) is 0 Å². The van der Waals surface area contributed by atoms with E-state index in [1.165, 1.54) is 50.4 Å². The Bertz CT molecular complexity index is 1130. The van der Waals surface area contributed by atoms with Gasteiger partial charge < -0.3 is 4.90 Å². The first-order valence-electron chi connectivity index (χ1n) is 10.3. The second-order valence-corrected chi connectivity index (χ2v) is 8.03. The first kappa shape index (κ1) is 20.3. The third kappa shape index (κ3) is 3.20. The monoisotopic (exact) mass is 411 g/mol. The van der Waals surface area contributed by atoms with Crippen molar-refractivity contribution in [3.63, 3.8) is 0 Å². The van der Waals surface area contributed by atoms with Crippen LogP contribution in [0.5, 0.6) is 0 Å². The Morgan fingerprint density at radius 2 is 1.07 bits per heavy atom. The summed E-state index contributed by atoms with van der Waals surface area (Å²) in [6.45, 7) is 6.69. The molecule has 0 saturated carbocycles. The lowest BCUT2D eigenvalue weighted by molar-refractivity contribution is 0.915. The van der Waals surface area contributed by atoms with Gasteiger partial charge in [-0.25, -0.2) is 0 Å². The second kappa shape index (κ2) is 8.01. The molecule has 0 N–H and O–H groups in total. The summed E-state index contributed by atoms with van der Waals surface area (Å²) in [7, 11) is 0. The molecule has 1 nitrogen and oxygen atoms in total. The molecule has 0 spiro atoms. The number of hydrogen-bond donors (Lipinski definition) is 0. The number of anilines is 3. The maximum absolute atomic E-state index is 2.40. The third-order valence-corrected chi connectivity index (χ3v) is 6.02. The molecule has 0 radical (unpaired) electrons. The van der Waals surface area contributed by atoms with E-state index in [4.69, 9.17) is 0 Å². The summed E-state index contributed by atoms with van der Waals surface area (Å²) in [6.07, 6.45) is 0. The van der Waals surface area contributed by atoms with Gasteiger partial charge in [0.05, 0.1) is 11.4 Å². The number of benzene rings is 4. The van der Waals surface area contributed by atoms with Crippen LogP contribution in [0.25, 0.3) is 0 Å². The SMILES string of the molecule is Cc1cc(C)c(C2c3ccccc3N(c3ccccc3)c3ccccc32)c(C)c1.Cl. The summed E-state index contributed by atoms with van der Waals surface area (Å²) in [5.41, 5.74) is 12.0. The van der Waals surface area contributed by atoms with Crippen LogP contribution in [-0.4, -0.2) is 0 Å². The van der Waals surface area contributed by atoms with Crippen molar-refractivity contribution >= 4 is 29.5 Å². The zero-order valence-electron chi connectivity index (χ0n) is 17.6. The van der Waals surface area contributed by atoms with Gasteiger partial charge in [-0.15, -0.1) is 12.4 Å². The first-order valence-corrected chi connectivity index (χ1v) is 10.3. The summed E-state index contributed by atoms with van der Waals surface area (Å²) in [5.74, 6) is 0.239. The zero-order valence-corrected chi connectivity index (χ0v) is 18.4. The number of aryl methyl sites for hydroxylation is 3. The summed E-state index contributed by atoms with van der Waals surface area (Å²) in [4.78, 5) is 2.40. The van der Waals surface area contributed by atoms with Crippen LogP contribution in [0.1, 0.15) is 39.3 Å². The van der Waals surface area contributed by atoms with E-state index < -0.39 is 0 Å². The van der Waals surface area contributed by atoms with Crippen LogP contribution >= 0.6 is 12.4 Å². The molecule has 0 amide bonds. The fourth-order valence-electron chi connectivity index (χ4n) is 4.98. The smallest absolute Gasteiger partial charge is 0.0503 e. The van der Waals surface area contributed by atoms with Gasteiger partial charge in [-0.05, 0) is 72.9 Å². The highest BCUT2D eigenvalue weighted by atomic mass is 35.5. The molecule has 0 atom stereocenters. The van der Waals surface area contributed by atoms with E-state index in [1.54, 1.807) is 0 Å². The molecule has 2 heteroatoms. The lowest BCUT2D eigenvalue weighted by Crippen LogP contribution is -2.23. The van der Waals surface area contributed by atoms with E-state index in [1.807, 2.05) is 0 Å². The van der Waals surface area contributed by atoms with E-state index in [0.29, 0.717) is 0 Å². The van der Waals surface area contributed by atoms with Crippen molar-refractivity contribution in [3.8, 4) is 0 Å². The Morgan fingerprint density at radius 1 is 0.600 bits per heavy atom. The molecule has 0 aliphatic carbocycles. The van der Waals surface area contributed by atoms with Crippen molar-refractivity contribution in [2.24, 2.45) is 0 Å². The molecule has 0 saturated heterocycles. The fourth-order valence-corrected chi connectivity index (χ4v) is 4.98. The highest BCUT2D eigenvalue weighted by Crippen LogP contribution is 2.52. The summed E-state index contributed by atoms with van der Waals surface area (Å²) >= 11 is 0. The maximum Gasteiger partial charge on any atom is 0.0503 e. The molecule has 0 fully saturated rings. The van der Waals surface area contributed by atoms with Gasteiger partial charge in [0.2, 0.25) is 0 Å². The quantitative estimate of drug-likeness (QED) is 0.284. The van der Waals surface area contributed by atoms with Crippen LogP contribution in [0.15, 0.2) is 91.0 Å². The van der Waals surface area contributed by atoms with Gasteiger partial charge in [0, 0.05) is 11.6 Å². The zero-order chi connectivity index (χ0) is 20.0. The summed E-state index contributed by atoms with van der Waals surface area (Å²) in [5, 5.41) is 0. The number of para-hydroxylation sites is 3. The van der Waals surface area contributed by atoms with Crippen LogP contribution in [-0.2, 0) is 0 Å². The lowest BCUT2D eigenvalue weighted by atomic mass is 9.76. The van der Waals surface area contributed by atoms with Crippen LogP contribution < -0.4 is 4.90 Å². The van der Waals surface area contributed by atoms with Crippen LogP contribution in [0, 0.1) is 20.8 Å². The minimum absolute atomic E-state index is 0. The van der Waals surface area contributed by atoms with E-state index in [0.717, 1.165) is 0 Å². The van der Waals surface area contributed by atoms with Gasteiger partial charge in [-0.2, -0.15) is 0 Å². The van der Waals surface area contributed by atoms with Crippen molar-refractivity contribution in [1.29, 1.82) is 0 Å². The molecule has 1 aliphatic heterocycles. The molecule has 0 aromatic heterocycles. The highest BCUT2D eigenvalue weighted by Gasteiger charge is 2.33. The predicted octanol–water partition coefficient (Wildman–Crippen LogP) is 8.00. The number of fused-ring (bicyclic) bond motifs is 2. The van der Waals surface area contributed by atoms with E-state index >= 15 is 0 Å². The predicted molar refractivity (Wildman–Crippen MR) is 130 cm³/mol. The molecule has 0 bridgehead atoms. The molecule has 150 valence electrons. The largest absolute Gasteiger partial charge is 0.310 e.